The van der Waals surface area contributed by atoms with Crippen LogP contribution in [-0.2, 0) is 16.6 Å². The highest BCUT2D eigenvalue weighted by atomic mass is 16.5. The Morgan fingerprint density at radius 1 is 1.18 bits per heavy atom. The average Bonchev–Trinajstić information content (AvgIpc) is 3.72. The van der Waals surface area contributed by atoms with Gasteiger partial charge in [-0.1, -0.05) is 38.5 Å². The number of fused-ring (bicyclic) bond motifs is 3. The highest BCUT2D eigenvalue weighted by Crippen LogP contribution is 2.60. The first-order valence-corrected chi connectivity index (χ1v) is 14.9. The highest BCUT2D eigenvalue weighted by Gasteiger charge is 2.57. The van der Waals surface area contributed by atoms with Crippen LogP contribution in [0.2, 0.25) is 0 Å². The molecule has 1 fully saturated rings. The number of nitrogens with zero attached hydrogens (tertiary/aromatic N) is 2. The molecule has 2 aromatic rings. The summed E-state index contributed by atoms with van der Waals surface area (Å²) in [5.74, 6) is 1.12. The Balaban J connectivity index is 1.13. The van der Waals surface area contributed by atoms with Gasteiger partial charge in [-0.25, -0.2) is 4.99 Å². The molecule has 212 valence electrons. The maximum atomic E-state index is 13.6. The number of unbranched alkanes of at least 4 members (excludes halogenated alkanes) is 1. The second-order valence-electron chi connectivity index (χ2n) is 12.5. The number of benzene rings is 2. The number of guanidine groups is 1. The molecule has 2 heterocycles. The number of amides is 1. The maximum Gasteiger partial charge on any atom is 0.232 e. The van der Waals surface area contributed by atoms with Gasteiger partial charge < -0.3 is 15.6 Å². The second kappa shape index (κ2) is 10.0. The van der Waals surface area contributed by atoms with Crippen molar-refractivity contribution in [1.29, 1.82) is 0 Å². The van der Waals surface area contributed by atoms with E-state index in [1.807, 2.05) is 12.1 Å². The molecule has 0 aromatic heterocycles. The van der Waals surface area contributed by atoms with Crippen molar-refractivity contribution in [3.63, 3.8) is 0 Å². The molecule has 4 atom stereocenters. The third-order valence-electron chi connectivity index (χ3n) is 10.1. The van der Waals surface area contributed by atoms with E-state index in [-0.39, 0.29) is 41.1 Å². The monoisotopic (exact) mass is 543 g/mol. The Labute approximate surface area is 236 Å². The molecule has 0 saturated heterocycles. The molecule has 3 N–H and O–H groups in total. The molecule has 7 nitrogen and oxygen atoms in total. The number of ether oxygens (including phenoxy) is 1. The Morgan fingerprint density at radius 2 is 1.98 bits per heavy atom. The lowest BCUT2D eigenvalue weighted by molar-refractivity contribution is -0.132. The van der Waals surface area contributed by atoms with Crippen LogP contribution in [0.3, 0.4) is 0 Å². The fraction of sp³-hybridized carbons (Fsp3) is 0.545. The van der Waals surface area contributed by atoms with Gasteiger partial charge in [-0.15, -0.1) is 0 Å². The van der Waals surface area contributed by atoms with Gasteiger partial charge in [-0.2, -0.15) is 0 Å². The number of rotatable bonds is 8. The van der Waals surface area contributed by atoms with Crippen LogP contribution < -0.4 is 10.5 Å². The standard InChI is InChI=1S/C33H41N3O4/c1-4-32(13-6-5-7-22-8-10-26-24(17-22)20(2)30(39)33(26)14-15-33)19-29(38)36(31(34)35-32)27-12-16-40-28-11-9-23(21(3)37)18-25(27)28/h8-11,17-18,20,27,30,39H,4-7,12-16,19H2,1-3H3,(H2,34,35)/t20?,27-,30?,32-/m1/s1. The van der Waals surface area contributed by atoms with Crippen molar-refractivity contribution in [3.05, 3.63) is 64.2 Å². The van der Waals surface area contributed by atoms with E-state index < -0.39 is 5.54 Å². The van der Waals surface area contributed by atoms with Crippen LogP contribution in [0.5, 0.6) is 5.75 Å². The molecule has 6 rings (SSSR count). The fourth-order valence-corrected chi connectivity index (χ4v) is 7.44. The third-order valence-corrected chi connectivity index (χ3v) is 10.1. The summed E-state index contributed by atoms with van der Waals surface area (Å²) in [6.07, 6.45) is 7.39. The summed E-state index contributed by atoms with van der Waals surface area (Å²) >= 11 is 0. The Morgan fingerprint density at radius 3 is 2.67 bits per heavy atom. The van der Waals surface area contributed by atoms with Gasteiger partial charge in [0, 0.05) is 28.9 Å². The van der Waals surface area contributed by atoms with Gasteiger partial charge in [0.05, 0.1) is 30.7 Å². The minimum absolute atomic E-state index is 0.0133. The molecule has 0 bridgehead atoms. The SMILES string of the molecule is CC[C@@]1(CCCCc2ccc3c(c2)C(C)C(O)C32CC2)CC(=O)N([C@@H]2CCOc3ccc(C(C)=O)cc32)C(N)=N1. The van der Waals surface area contributed by atoms with Gasteiger partial charge in [-0.05, 0) is 80.3 Å². The number of aliphatic hydroxyl groups excluding tert-OH is 1. The summed E-state index contributed by atoms with van der Waals surface area (Å²) in [6, 6.07) is 11.9. The predicted molar refractivity (Wildman–Crippen MR) is 155 cm³/mol. The molecule has 2 aliphatic carbocycles. The quantitative estimate of drug-likeness (QED) is 0.346. The lowest BCUT2D eigenvalue weighted by Crippen LogP contribution is -2.53. The number of aliphatic imine (C=N–C) groups is 1. The van der Waals surface area contributed by atoms with Gasteiger partial charge in [-0.3, -0.25) is 14.5 Å². The van der Waals surface area contributed by atoms with Crippen LogP contribution in [0.1, 0.15) is 117 Å². The first kappa shape index (κ1) is 27.0. The first-order chi connectivity index (χ1) is 19.2. The van der Waals surface area contributed by atoms with E-state index in [0.29, 0.717) is 30.8 Å². The zero-order chi connectivity index (χ0) is 28.2. The van der Waals surface area contributed by atoms with E-state index in [2.05, 4.69) is 32.0 Å². The van der Waals surface area contributed by atoms with Gasteiger partial charge in [0.15, 0.2) is 11.7 Å². The van der Waals surface area contributed by atoms with Crippen molar-refractivity contribution in [2.45, 2.75) is 108 Å². The number of hydrogen-bond donors (Lipinski definition) is 2. The van der Waals surface area contributed by atoms with Crippen LogP contribution in [0.4, 0.5) is 0 Å². The van der Waals surface area contributed by atoms with Gasteiger partial charge in [0.2, 0.25) is 5.91 Å². The summed E-state index contributed by atoms with van der Waals surface area (Å²) in [6.45, 7) is 6.26. The van der Waals surface area contributed by atoms with Crippen LogP contribution in [-0.4, -0.2) is 45.9 Å². The summed E-state index contributed by atoms with van der Waals surface area (Å²) < 4.78 is 5.82. The number of ketones is 1. The molecule has 1 amide bonds. The van der Waals surface area contributed by atoms with Crippen molar-refractivity contribution in [2.24, 2.45) is 10.7 Å². The first-order valence-electron chi connectivity index (χ1n) is 14.9. The molecule has 4 aliphatic rings. The number of aryl methyl sites for hydroxylation is 1. The van der Waals surface area contributed by atoms with Gasteiger partial charge in [0.1, 0.15) is 5.75 Å². The summed E-state index contributed by atoms with van der Waals surface area (Å²) in [5, 5.41) is 10.8. The highest BCUT2D eigenvalue weighted by molar-refractivity contribution is 6.00. The Bertz CT molecular complexity index is 1380. The van der Waals surface area contributed by atoms with Crippen LogP contribution >= 0.6 is 0 Å². The lowest BCUT2D eigenvalue weighted by atomic mass is 9.84. The van der Waals surface area contributed by atoms with Crippen molar-refractivity contribution < 1.29 is 19.4 Å². The summed E-state index contributed by atoms with van der Waals surface area (Å²) in [4.78, 5) is 32.2. The molecule has 40 heavy (non-hydrogen) atoms. The number of nitrogens with two attached hydrogens (primary N) is 1. The van der Waals surface area contributed by atoms with E-state index in [0.717, 1.165) is 50.5 Å². The maximum absolute atomic E-state index is 13.6. The molecule has 7 heteroatoms. The zero-order valence-electron chi connectivity index (χ0n) is 23.9. The lowest BCUT2D eigenvalue weighted by Gasteiger charge is -2.42. The topological polar surface area (TPSA) is 105 Å². The van der Waals surface area contributed by atoms with E-state index >= 15 is 0 Å². The number of hydrogen-bond acceptors (Lipinski definition) is 6. The van der Waals surface area contributed by atoms with E-state index in [1.165, 1.54) is 23.6 Å². The number of aliphatic hydroxyl groups is 1. The predicted octanol–water partition coefficient (Wildman–Crippen LogP) is 5.33. The molecule has 0 radical (unpaired) electrons. The normalized spacial score (nSPS) is 28.1. The largest absolute Gasteiger partial charge is 0.493 e. The van der Waals surface area contributed by atoms with E-state index in [1.54, 1.807) is 11.0 Å². The number of carbonyl (C=O) groups excluding carboxylic acids is 2. The molecule has 1 spiro atoms. The Hall–Kier alpha value is -3.19. The zero-order valence-corrected chi connectivity index (χ0v) is 23.9. The van der Waals surface area contributed by atoms with Gasteiger partial charge in [0.25, 0.3) is 0 Å². The smallest absolute Gasteiger partial charge is 0.232 e. The second-order valence-corrected chi connectivity index (χ2v) is 12.5. The Kier molecular flexibility index (Phi) is 6.76. The number of Topliss-reactive ketones (excluding diaryl/α,β-unsaturated/α-hetero) is 1. The van der Waals surface area contributed by atoms with E-state index in [9.17, 15) is 14.7 Å². The minimum Gasteiger partial charge on any atom is -0.493 e. The van der Waals surface area contributed by atoms with Crippen molar-refractivity contribution in [1.82, 2.24) is 4.90 Å². The molecule has 1 saturated carbocycles. The van der Waals surface area contributed by atoms with E-state index in [4.69, 9.17) is 15.5 Å². The minimum atomic E-state index is -0.484. The summed E-state index contributed by atoms with van der Waals surface area (Å²) in [7, 11) is 0. The van der Waals surface area contributed by atoms with Crippen molar-refractivity contribution in [3.8, 4) is 5.75 Å². The van der Waals surface area contributed by atoms with Crippen LogP contribution in [0, 0.1) is 0 Å². The number of carbonyl (C=O) groups is 2. The van der Waals surface area contributed by atoms with Crippen LogP contribution in [0.15, 0.2) is 41.4 Å². The fourth-order valence-electron chi connectivity index (χ4n) is 7.44. The van der Waals surface area contributed by atoms with Crippen molar-refractivity contribution >= 4 is 17.6 Å². The van der Waals surface area contributed by atoms with Gasteiger partial charge >= 0.3 is 0 Å². The molecule has 2 aliphatic heterocycles. The molecular weight excluding hydrogens is 502 g/mol. The molecular formula is C33H41N3O4. The summed E-state index contributed by atoms with van der Waals surface area (Å²) in [5.41, 5.74) is 11.5. The average molecular weight is 544 g/mol. The van der Waals surface area contributed by atoms with Crippen molar-refractivity contribution in [2.75, 3.05) is 6.61 Å². The molecule has 2 unspecified atom stereocenters. The third kappa shape index (κ3) is 4.43. The van der Waals surface area contributed by atoms with Crippen LogP contribution in [0.25, 0.3) is 0 Å². The molecule has 2 aromatic carbocycles.